The third-order valence-corrected chi connectivity index (χ3v) is 6.76. The average molecular weight is 469 g/mol. The van der Waals surface area contributed by atoms with Crippen LogP contribution in [0.4, 0.5) is 0 Å². The molecule has 0 radical (unpaired) electrons. The van der Waals surface area contributed by atoms with Gasteiger partial charge in [0.1, 0.15) is 0 Å². The smallest absolute Gasteiger partial charge is 0.360 e. The van der Waals surface area contributed by atoms with Crippen LogP contribution in [-0.2, 0) is 10.5 Å². The highest BCUT2D eigenvalue weighted by Gasteiger charge is 2.24. The van der Waals surface area contributed by atoms with E-state index in [1.165, 1.54) is 5.56 Å². The molecule has 0 aliphatic carbocycles. The Morgan fingerprint density at radius 3 is 2.53 bits per heavy atom. The number of hydrogen-bond acceptors (Lipinski definition) is 6. The van der Waals surface area contributed by atoms with Crippen molar-refractivity contribution in [3.63, 3.8) is 0 Å². The Balaban J connectivity index is 1.67. The number of hydrogen-bond donors (Lipinski definition) is 0. The van der Waals surface area contributed by atoms with Crippen molar-refractivity contribution in [3.05, 3.63) is 89.4 Å². The molecule has 0 amide bonds. The summed E-state index contributed by atoms with van der Waals surface area (Å²) in [5.41, 5.74) is 5.48. The van der Waals surface area contributed by atoms with Gasteiger partial charge in [-0.05, 0) is 49.2 Å². The molecule has 0 aliphatic heterocycles. The highest BCUT2D eigenvalue weighted by Crippen LogP contribution is 2.34. The quantitative estimate of drug-likeness (QED) is 0.224. The largest absolute Gasteiger partial charge is 0.461 e. The topological polar surface area (TPSA) is 69.4 Å². The predicted octanol–water partition coefficient (Wildman–Crippen LogP) is 6.03. The second-order valence-electron chi connectivity index (χ2n) is 8.04. The maximum Gasteiger partial charge on any atom is 0.360 e. The molecular formula is C27H24N4O2S. The van der Waals surface area contributed by atoms with Crippen LogP contribution in [0.25, 0.3) is 27.5 Å². The van der Waals surface area contributed by atoms with Crippen LogP contribution in [0.2, 0.25) is 0 Å². The van der Waals surface area contributed by atoms with Gasteiger partial charge in [0.05, 0.1) is 23.6 Å². The van der Waals surface area contributed by atoms with Gasteiger partial charge < -0.3 is 4.74 Å². The molecule has 2 aromatic heterocycles. The van der Waals surface area contributed by atoms with E-state index in [1.54, 1.807) is 23.2 Å². The molecule has 0 aliphatic rings. The molecule has 6 nitrogen and oxygen atoms in total. The maximum absolute atomic E-state index is 12.7. The van der Waals surface area contributed by atoms with E-state index in [-0.39, 0.29) is 12.3 Å². The van der Waals surface area contributed by atoms with Gasteiger partial charge in [-0.25, -0.2) is 9.31 Å². The summed E-state index contributed by atoms with van der Waals surface area (Å²) in [4.78, 5) is 13.8. The molecule has 34 heavy (non-hydrogen) atoms. The van der Waals surface area contributed by atoms with E-state index >= 15 is 0 Å². The standard InChI is InChI=1S/C27H24N4O2S/c1-4-33-27(32)25-23(16-34-20-14-12-17(2)13-15-20)31-26(29-28-25)24(18(3)30-31)22-11-7-9-19-8-5-6-10-21(19)22/h5-15H,4,16H2,1-3H3. The molecule has 0 unspecified atom stereocenters. The Kier molecular flexibility index (Phi) is 6.02. The minimum atomic E-state index is -0.490. The third kappa shape index (κ3) is 4.03. The first kappa shape index (κ1) is 22.1. The molecule has 5 rings (SSSR count). The van der Waals surface area contributed by atoms with Crippen LogP contribution in [0.3, 0.4) is 0 Å². The summed E-state index contributed by atoms with van der Waals surface area (Å²) in [7, 11) is 0. The lowest BCUT2D eigenvalue weighted by molar-refractivity contribution is 0.0516. The molecule has 0 fully saturated rings. The van der Waals surface area contributed by atoms with Crippen molar-refractivity contribution < 1.29 is 9.53 Å². The van der Waals surface area contributed by atoms with Gasteiger partial charge in [-0.2, -0.15) is 5.10 Å². The van der Waals surface area contributed by atoms with Gasteiger partial charge in [0.25, 0.3) is 0 Å². The molecule has 7 heteroatoms. The monoisotopic (exact) mass is 468 g/mol. The Morgan fingerprint density at radius 2 is 1.74 bits per heavy atom. The number of esters is 1. The van der Waals surface area contributed by atoms with E-state index in [1.807, 2.05) is 25.1 Å². The van der Waals surface area contributed by atoms with E-state index in [0.717, 1.165) is 32.5 Å². The minimum absolute atomic E-state index is 0.195. The lowest BCUT2D eigenvalue weighted by Gasteiger charge is -2.10. The van der Waals surface area contributed by atoms with Crippen LogP contribution >= 0.6 is 11.8 Å². The van der Waals surface area contributed by atoms with Crippen LogP contribution in [0.5, 0.6) is 0 Å². The normalized spacial score (nSPS) is 11.3. The summed E-state index contributed by atoms with van der Waals surface area (Å²) in [6.45, 7) is 6.07. The number of nitrogens with zero attached hydrogens (tertiary/aromatic N) is 4. The van der Waals surface area contributed by atoms with Crippen molar-refractivity contribution in [2.75, 3.05) is 6.61 Å². The second kappa shape index (κ2) is 9.27. The zero-order valence-electron chi connectivity index (χ0n) is 19.3. The number of rotatable bonds is 6. The van der Waals surface area contributed by atoms with Crippen molar-refractivity contribution in [1.29, 1.82) is 0 Å². The highest BCUT2D eigenvalue weighted by atomic mass is 32.2. The minimum Gasteiger partial charge on any atom is -0.461 e. The van der Waals surface area contributed by atoms with Crippen LogP contribution < -0.4 is 0 Å². The van der Waals surface area contributed by atoms with Gasteiger partial charge in [-0.3, -0.25) is 0 Å². The number of carbonyl (C=O) groups excluding carboxylic acids is 1. The van der Waals surface area contributed by atoms with Crippen molar-refractivity contribution in [1.82, 2.24) is 19.8 Å². The molecule has 0 bridgehead atoms. The first-order chi connectivity index (χ1) is 16.6. The number of carbonyl (C=O) groups is 1. The molecule has 170 valence electrons. The van der Waals surface area contributed by atoms with Crippen molar-refractivity contribution in [2.45, 2.75) is 31.4 Å². The fourth-order valence-corrected chi connectivity index (χ4v) is 4.97. The van der Waals surface area contributed by atoms with E-state index < -0.39 is 5.97 Å². The fourth-order valence-electron chi connectivity index (χ4n) is 4.08. The molecule has 0 atom stereocenters. The first-order valence-corrected chi connectivity index (χ1v) is 12.1. The molecule has 3 aromatic carbocycles. The maximum atomic E-state index is 12.7. The molecule has 0 N–H and O–H groups in total. The molecular weight excluding hydrogens is 444 g/mol. The lowest BCUT2D eigenvalue weighted by atomic mass is 9.98. The summed E-state index contributed by atoms with van der Waals surface area (Å²) in [5, 5.41) is 15.9. The molecule has 5 aromatic rings. The number of ether oxygens (including phenoxy) is 1. The lowest BCUT2D eigenvalue weighted by Crippen LogP contribution is -2.16. The zero-order valence-corrected chi connectivity index (χ0v) is 20.1. The Morgan fingerprint density at radius 1 is 0.971 bits per heavy atom. The van der Waals surface area contributed by atoms with Gasteiger partial charge in [-0.1, -0.05) is 60.2 Å². The zero-order chi connectivity index (χ0) is 23.7. The summed E-state index contributed by atoms with van der Waals surface area (Å²) >= 11 is 1.62. The Hall–Kier alpha value is -3.71. The van der Waals surface area contributed by atoms with Crippen molar-refractivity contribution in [2.24, 2.45) is 0 Å². The number of aromatic nitrogens is 4. The number of benzene rings is 3. The SMILES string of the molecule is CCOC(=O)c1nnc2c(-c3cccc4ccccc34)c(C)nn2c1CSc1ccc(C)cc1. The Labute approximate surface area is 202 Å². The van der Waals surface area contributed by atoms with E-state index in [9.17, 15) is 4.79 Å². The van der Waals surface area contributed by atoms with Gasteiger partial charge >= 0.3 is 5.97 Å². The van der Waals surface area contributed by atoms with Crippen molar-refractivity contribution in [3.8, 4) is 11.1 Å². The average Bonchev–Trinajstić information content (AvgIpc) is 3.19. The summed E-state index contributed by atoms with van der Waals surface area (Å²) < 4.78 is 7.03. The first-order valence-electron chi connectivity index (χ1n) is 11.2. The molecule has 0 saturated heterocycles. The molecule has 2 heterocycles. The van der Waals surface area contributed by atoms with Crippen LogP contribution in [0.15, 0.2) is 71.6 Å². The summed E-state index contributed by atoms with van der Waals surface area (Å²) in [6.07, 6.45) is 0. The van der Waals surface area contributed by atoms with Gasteiger partial charge in [0.2, 0.25) is 0 Å². The van der Waals surface area contributed by atoms with Gasteiger partial charge in [-0.15, -0.1) is 22.0 Å². The number of thioether (sulfide) groups is 1. The van der Waals surface area contributed by atoms with Crippen LogP contribution in [0, 0.1) is 13.8 Å². The molecule has 0 saturated carbocycles. The van der Waals surface area contributed by atoms with E-state index in [0.29, 0.717) is 17.1 Å². The summed E-state index contributed by atoms with van der Waals surface area (Å²) in [6, 6.07) is 22.8. The van der Waals surface area contributed by atoms with Gasteiger partial charge in [0, 0.05) is 10.6 Å². The van der Waals surface area contributed by atoms with E-state index in [2.05, 4.69) is 65.7 Å². The number of fused-ring (bicyclic) bond motifs is 2. The second-order valence-corrected chi connectivity index (χ2v) is 9.09. The third-order valence-electron chi connectivity index (χ3n) is 5.73. The van der Waals surface area contributed by atoms with Crippen molar-refractivity contribution >= 4 is 34.2 Å². The van der Waals surface area contributed by atoms with Crippen LogP contribution in [-0.4, -0.2) is 32.4 Å². The predicted molar refractivity (Wildman–Crippen MR) is 135 cm³/mol. The Bertz CT molecular complexity index is 1500. The van der Waals surface area contributed by atoms with Crippen LogP contribution in [0.1, 0.15) is 34.4 Å². The molecule has 0 spiro atoms. The number of aryl methyl sites for hydroxylation is 2. The fraction of sp³-hybridized carbons (Fsp3) is 0.185. The summed E-state index contributed by atoms with van der Waals surface area (Å²) in [5.74, 6) is 0.00977. The van der Waals surface area contributed by atoms with E-state index in [4.69, 9.17) is 9.84 Å². The van der Waals surface area contributed by atoms with Gasteiger partial charge in [0.15, 0.2) is 11.3 Å². The highest BCUT2D eigenvalue weighted by molar-refractivity contribution is 7.98.